The van der Waals surface area contributed by atoms with Crippen molar-refractivity contribution in [2.24, 2.45) is 12.2 Å². The minimum atomic E-state index is -0.103. The Morgan fingerprint density at radius 1 is 1.38 bits per heavy atom. The first-order valence-corrected chi connectivity index (χ1v) is 6.86. The highest BCUT2D eigenvalue weighted by Gasteiger charge is 2.08. The van der Waals surface area contributed by atoms with Crippen molar-refractivity contribution in [2.45, 2.75) is 13.3 Å². The molecule has 4 nitrogen and oxygen atoms in total. The van der Waals surface area contributed by atoms with Gasteiger partial charge in [0.1, 0.15) is 0 Å². The second kappa shape index (κ2) is 6.59. The number of aromatic nitrogens is 1. The van der Waals surface area contributed by atoms with Gasteiger partial charge in [-0.25, -0.2) is 0 Å². The average molecular weight is 304 g/mol. The lowest BCUT2D eigenvalue weighted by Gasteiger charge is -2.08. The maximum Gasteiger partial charge on any atom is 0.250 e. The monoisotopic (exact) mass is 303 g/mol. The Kier molecular flexibility index (Phi) is 4.81. The molecular formula is C16H16ClN2O2. The summed E-state index contributed by atoms with van der Waals surface area (Å²) in [6.07, 6.45) is 4.07. The van der Waals surface area contributed by atoms with Gasteiger partial charge in [0.2, 0.25) is 5.56 Å². The van der Waals surface area contributed by atoms with Crippen molar-refractivity contribution in [1.82, 2.24) is 4.57 Å². The molecule has 2 rings (SSSR count). The first-order valence-electron chi connectivity index (χ1n) is 6.48. The van der Waals surface area contributed by atoms with Gasteiger partial charge in [0.05, 0.1) is 5.71 Å². The second-order valence-corrected chi connectivity index (χ2v) is 5.26. The van der Waals surface area contributed by atoms with Crippen LogP contribution in [-0.2, 0) is 7.05 Å². The predicted molar refractivity (Wildman–Crippen MR) is 84.2 cm³/mol. The van der Waals surface area contributed by atoms with Crippen LogP contribution in [0.15, 0.2) is 46.5 Å². The standard InChI is InChI=1S/C16H16ClN2O2/c1-11-9-14(17)6-3-12(11)4-7-15(18-21)13-5-8-16(20)19(2)10-13/h3-6,8-10,21H,7H2,1-2H3. The van der Waals surface area contributed by atoms with E-state index in [2.05, 4.69) is 5.16 Å². The van der Waals surface area contributed by atoms with Crippen LogP contribution >= 0.6 is 11.6 Å². The van der Waals surface area contributed by atoms with E-state index in [1.165, 1.54) is 10.6 Å². The number of pyridine rings is 1. The van der Waals surface area contributed by atoms with Gasteiger partial charge in [-0.3, -0.25) is 4.79 Å². The molecular weight excluding hydrogens is 288 g/mol. The lowest BCUT2D eigenvalue weighted by Crippen LogP contribution is -2.17. The summed E-state index contributed by atoms with van der Waals surface area (Å²) in [7, 11) is 1.66. The smallest absolute Gasteiger partial charge is 0.250 e. The summed E-state index contributed by atoms with van der Waals surface area (Å²) in [6, 6.07) is 8.74. The van der Waals surface area contributed by atoms with Gasteiger partial charge in [-0.2, -0.15) is 0 Å². The first kappa shape index (κ1) is 15.3. The summed E-state index contributed by atoms with van der Waals surface area (Å²) in [4.78, 5) is 11.4. The number of hydrogen-bond donors (Lipinski definition) is 1. The molecule has 1 aromatic carbocycles. The number of nitrogens with zero attached hydrogens (tertiary/aromatic N) is 2. The Hall–Kier alpha value is -2.07. The zero-order valence-corrected chi connectivity index (χ0v) is 12.6. The molecule has 109 valence electrons. The van der Waals surface area contributed by atoms with Crippen LogP contribution in [0.2, 0.25) is 5.02 Å². The van der Waals surface area contributed by atoms with Gasteiger partial charge in [-0.15, -0.1) is 0 Å². The van der Waals surface area contributed by atoms with E-state index in [1.807, 2.05) is 31.5 Å². The number of oxime groups is 1. The summed E-state index contributed by atoms with van der Waals surface area (Å²) >= 11 is 5.93. The molecule has 0 aliphatic rings. The van der Waals surface area contributed by atoms with Crippen LogP contribution in [-0.4, -0.2) is 15.5 Å². The maximum absolute atomic E-state index is 11.4. The SMILES string of the molecule is Cc1cc(Cl)ccc1[CH]CC(=NO)c1ccc(=O)n(C)c1. The van der Waals surface area contributed by atoms with Crippen molar-refractivity contribution in [3.63, 3.8) is 0 Å². The fraction of sp³-hybridized carbons (Fsp3) is 0.188. The van der Waals surface area contributed by atoms with Crippen LogP contribution in [0.5, 0.6) is 0 Å². The molecule has 21 heavy (non-hydrogen) atoms. The van der Waals surface area contributed by atoms with E-state index < -0.39 is 0 Å². The third kappa shape index (κ3) is 3.73. The summed E-state index contributed by atoms with van der Waals surface area (Å²) in [5.74, 6) is 0. The maximum atomic E-state index is 11.4. The highest BCUT2D eigenvalue weighted by Crippen LogP contribution is 2.18. The van der Waals surface area contributed by atoms with Crippen molar-refractivity contribution in [3.05, 3.63) is 75.0 Å². The molecule has 0 fully saturated rings. The van der Waals surface area contributed by atoms with Gasteiger partial charge in [-0.05, 0) is 42.7 Å². The van der Waals surface area contributed by atoms with Gasteiger partial charge in [0.25, 0.3) is 0 Å². The number of benzene rings is 1. The largest absolute Gasteiger partial charge is 0.411 e. The average Bonchev–Trinajstić information content (AvgIpc) is 2.45. The van der Waals surface area contributed by atoms with Crippen LogP contribution in [0.25, 0.3) is 0 Å². The van der Waals surface area contributed by atoms with E-state index in [9.17, 15) is 10.0 Å². The van der Waals surface area contributed by atoms with Gasteiger partial charge in [0.15, 0.2) is 0 Å². The summed E-state index contributed by atoms with van der Waals surface area (Å²) in [5.41, 5.74) is 3.20. The molecule has 1 aromatic heterocycles. The van der Waals surface area contributed by atoms with Crippen LogP contribution in [0.1, 0.15) is 23.1 Å². The highest BCUT2D eigenvalue weighted by molar-refractivity contribution is 6.30. The molecule has 0 aliphatic carbocycles. The Balaban J connectivity index is 2.16. The van der Waals surface area contributed by atoms with E-state index in [4.69, 9.17) is 11.6 Å². The van der Waals surface area contributed by atoms with Crippen molar-refractivity contribution in [1.29, 1.82) is 0 Å². The van der Waals surface area contributed by atoms with Crippen molar-refractivity contribution in [3.8, 4) is 0 Å². The zero-order chi connectivity index (χ0) is 15.4. The van der Waals surface area contributed by atoms with Gasteiger partial charge >= 0.3 is 0 Å². The third-order valence-electron chi connectivity index (χ3n) is 3.29. The second-order valence-electron chi connectivity index (χ2n) is 4.82. The third-order valence-corrected chi connectivity index (χ3v) is 3.52. The molecule has 5 heteroatoms. The number of aryl methyl sites for hydroxylation is 2. The summed E-state index contributed by atoms with van der Waals surface area (Å²) in [6.45, 7) is 1.97. The summed E-state index contributed by atoms with van der Waals surface area (Å²) < 4.78 is 1.45. The molecule has 0 amide bonds. The fourth-order valence-electron chi connectivity index (χ4n) is 2.06. The van der Waals surface area contributed by atoms with Crippen LogP contribution in [0.4, 0.5) is 0 Å². The Morgan fingerprint density at radius 2 is 2.14 bits per heavy atom. The van der Waals surface area contributed by atoms with Crippen LogP contribution in [0, 0.1) is 13.3 Å². The molecule has 0 unspecified atom stereocenters. The van der Waals surface area contributed by atoms with Gasteiger partial charge < -0.3 is 9.77 Å². The molecule has 1 N–H and O–H groups in total. The van der Waals surface area contributed by atoms with Crippen LogP contribution < -0.4 is 5.56 Å². The summed E-state index contributed by atoms with van der Waals surface area (Å²) in [5, 5.41) is 13.2. The molecule has 2 aromatic rings. The molecule has 0 bridgehead atoms. The fourth-order valence-corrected chi connectivity index (χ4v) is 2.28. The number of hydrogen-bond acceptors (Lipinski definition) is 3. The molecule has 0 saturated heterocycles. The Morgan fingerprint density at radius 3 is 2.76 bits per heavy atom. The van der Waals surface area contributed by atoms with Gasteiger partial charge in [0, 0.05) is 36.3 Å². The minimum Gasteiger partial charge on any atom is -0.411 e. The van der Waals surface area contributed by atoms with Crippen molar-refractivity contribution >= 4 is 17.3 Å². The Bertz CT molecular complexity index is 735. The molecule has 1 heterocycles. The quantitative estimate of drug-likeness (QED) is 0.536. The Labute approximate surface area is 128 Å². The molecule has 0 atom stereocenters. The highest BCUT2D eigenvalue weighted by atomic mass is 35.5. The molecule has 1 radical (unpaired) electrons. The normalized spacial score (nSPS) is 11.7. The predicted octanol–water partition coefficient (Wildman–Crippen LogP) is 3.17. The van der Waals surface area contributed by atoms with Crippen molar-refractivity contribution < 1.29 is 5.21 Å². The zero-order valence-electron chi connectivity index (χ0n) is 11.9. The first-order chi connectivity index (χ1) is 10.0. The van der Waals surface area contributed by atoms with E-state index in [0.717, 1.165) is 11.1 Å². The van der Waals surface area contributed by atoms with Crippen LogP contribution in [0.3, 0.4) is 0 Å². The molecule has 0 spiro atoms. The minimum absolute atomic E-state index is 0.103. The number of halogens is 1. The number of rotatable bonds is 4. The van der Waals surface area contributed by atoms with Gasteiger partial charge in [-0.1, -0.05) is 22.8 Å². The lowest BCUT2D eigenvalue weighted by molar-refractivity contribution is 0.318. The lowest BCUT2D eigenvalue weighted by atomic mass is 10.00. The van der Waals surface area contributed by atoms with E-state index in [1.54, 1.807) is 19.3 Å². The van der Waals surface area contributed by atoms with E-state index in [0.29, 0.717) is 22.7 Å². The van der Waals surface area contributed by atoms with Crippen molar-refractivity contribution in [2.75, 3.05) is 0 Å². The topological polar surface area (TPSA) is 54.6 Å². The molecule has 0 saturated carbocycles. The van der Waals surface area contributed by atoms with E-state index in [-0.39, 0.29) is 5.56 Å². The molecule has 0 aliphatic heterocycles. The van der Waals surface area contributed by atoms with E-state index >= 15 is 0 Å².